The Bertz CT molecular complexity index is 637. The number of rotatable bonds is 2. The van der Waals surface area contributed by atoms with Crippen molar-refractivity contribution in [3.63, 3.8) is 0 Å². The van der Waals surface area contributed by atoms with Gasteiger partial charge in [0.15, 0.2) is 0 Å². The van der Waals surface area contributed by atoms with Crippen molar-refractivity contribution in [2.24, 2.45) is 0 Å². The maximum absolute atomic E-state index is 12.4. The molecule has 4 rings (SSSR count). The summed E-state index contributed by atoms with van der Waals surface area (Å²) in [7, 11) is 0. The van der Waals surface area contributed by atoms with Crippen molar-refractivity contribution in [1.29, 1.82) is 0 Å². The molecule has 2 aliphatic heterocycles. The van der Waals surface area contributed by atoms with Gasteiger partial charge in [0.1, 0.15) is 11.0 Å². The molecule has 1 N–H and O–H groups in total. The van der Waals surface area contributed by atoms with Crippen LogP contribution in [0.4, 0.5) is 16.6 Å². The van der Waals surface area contributed by atoms with E-state index in [1.807, 2.05) is 0 Å². The van der Waals surface area contributed by atoms with Crippen molar-refractivity contribution in [3.8, 4) is 0 Å². The molecule has 1 aromatic heterocycles. The van der Waals surface area contributed by atoms with Crippen molar-refractivity contribution in [3.05, 3.63) is 10.7 Å². The zero-order chi connectivity index (χ0) is 16.0. The van der Waals surface area contributed by atoms with E-state index in [1.54, 1.807) is 4.90 Å². The first-order valence-corrected chi connectivity index (χ1v) is 8.50. The van der Waals surface area contributed by atoms with E-state index in [0.29, 0.717) is 49.1 Å². The maximum atomic E-state index is 12.4. The normalized spacial score (nSPS) is 23.8. The third-order valence-corrected chi connectivity index (χ3v) is 4.85. The number of carbonyl (C=O) groups excluding carboxylic acids is 1. The summed E-state index contributed by atoms with van der Waals surface area (Å²) in [6, 6.07) is 0.428. The number of morpholine rings is 1. The molecule has 0 spiro atoms. The first-order chi connectivity index (χ1) is 11.1. The van der Waals surface area contributed by atoms with Gasteiger partial charge in [-0.15, -0.1) is 0 Å². The van der Waals surface area contributed by atoms with Gasteiger partial charge in [0.05, 0.1) is 19.3 Å². The molecule has 3 heterocycles. The van der Waals surface area contributed by atoms with Crippen LogP contribution < -0.4 is 15.1 Å². The minimum atomic E-state index is -0.0815. The Morgan fingerprint density at radius 2 is 2.17 bits per heavy atom. The summed E-state index contributed by atoms with van der Waals surface area (Å²) in [5, 5.41) is 3.46. The number of nitrogens with zero attached hydrogens (tertiary/aromatic N) is 4. The van der Waals surface area contributed by atoms with E-state index in [0.717, 1.165) is 24.9 Å². The number of nitrogens with one attached hydrogen (secondary N) is 1. The van der Waals surface area contributed by atoms with Crippen LogP contribution in [0.25, 0.3) is 0 Å². The lowest BCUT2D eigenvalue weighted by Crippen LogP contribution is -2.45. The van der Waals surface area contributed by atoms with Crippen molar-refractivity contribution in [1.82, 2.24) is 15.3 Å². The summed E-state index contributed by atoms with van der Waals surface area (Å²) >= 11 is 6.36. The van der Waals surface area contributed by atoms with Crippen LogP contribution in [0, 0.1) is 0 Å². The monoisotopic (exact) mass is 337 g/mol. The summed E-state index contributed by atoms with van der Waals surface area (Å²) in [4.78, 5) is 25.3. The average molecular weight is 338 g/mol. The Hall–Kier alpha value is -1.60. The first-order valence-electron chi connectivity index (χ1n) is 8.12. The van der Waals surface area contributed by atoms with Crippen molar-refractivity contribution >= 4 is 29.4 Å². The predicted octanol–water partition coefficient (Wildman–Crippen LogP) is 1.59. The summed E-state index contributed by atoms with van der Waals surface area (Å²) in [6.45, 7) is 4.69. The number of carbonyl (C=O) groups is 1. The zero-order valence-electron chi connectivity index (χ0n) is 13.1. The first kappa shape index (κ1) is 15.0. The molecule has 1 aromatic rings. The molecule has 2 amide bonds. The lowest BCUT2D eigenvalue weighted by Gasteiger charge is -2.33. The van der Waals surface area contributed by atoms with Crippen LogP contribution in [0.5, 0.6) is 0 Å². The van der Waals surface area contributed by atoms with E-state index in [2.05, 4.69) is 27.1 Å². The second-order valence-electron chi connectivity index (χ2n) is 6.36. The fraction of sp³-hybridized carbons (Fsp3) is 0.667. The summed E-state index contributed by atoms with van der Waals surface area (Å²) in [5.41, 5.74) is 0.863. The van der Waals surface area contributed by atoms with Crippen LogP contribution in [0.2, 0.25) is 5.15 Å². The zero-order valence-corrected chi connectivity index (χ0v) is 13.8. The minimum absolute atomic E-state index is 0.0815. The van der Waals surface area contributed by atoms with Gasteiger partial charge in [-0.1, -0.05) is 11.6 Å². The van der Waals surface area contributed by atoms with Crippen molar-refractivity contribution in [2.75, 3.05) is 36.1 Å². The van der Waals surface area contributed by atoms with Gasteiger partial charge in [0.2, 0.25) is 5.95 Å². The van der Waals surface area contributed by atoms with E-state index in [9.17, 15) is 4.79 Å². The van der Waals surface area contributed by atoms with Gasteiger partial charge in [-0.25, -0.2) is 9.78 Å². The lowest BCUT2D eigenvalue weighted by atomic mass is 10.2. The van der Waals surface area contributed by atoms with E-state index < -0.39 is 0 Å². The molecule has 0 bridgehead atoms. The number of ether oxygens (including phenoxy) is 1. The molecule has 23 heavy (non-hydrogen) atoms. The second kappa shape index (κ2) is 5.79. The van der Waals surface area contributed by atoms with E-state index in [4.69, 9.17) is 16.3 Å². The van der Waals surface area contributed by atoms with Gasteiger partial charge in [0, 0.05) is 24.7 Å². The van der Waals surface area contributed by atoms with Gasteiger partial charge in [-0.2, -0.15) is 4.98 Å². The highest BCUT2D eigenvalue weighted by molar-refractivity contribution is 6.30. The van der Waals surface area contributed by atoms with Gasteiger partial charge in [-0.05, 0) is 26.2 Å². The maximum Gasteiger partial charge on any atom is 0.323 e. The third-order valence-electron chi connectivity index (χ3n) is 4.54. The highest BCUT2D eigenvalue weighted by Crippen LogP contribution is 2.33. The lowest BCUT2D eigenvalue weighted by molar-refractivity contribution is 0.0981. The van der Waals surface area contributed by atoms with Gasteiger partial charge >= 0.3 is 6.03 Å². The van der Waals surface area contributed by atoms with Gasteiger partial charge in [-0.3, -0.25) is 4.90 Å². The van der Waals surface area contributed by atoms with E-state index in [-0.39, 0.29) is 12.1 Å². The van der Waals surface area contributed by atoms with Crippen LogP contribution in [-0.4, -0.2) is 54.4 Å². The molecule has 3 aliphatic rings. The number of halogens is 1. The SMILES string of the molecule is C[C@@H]1COCCN1c1nc(Cl)c2c(n1)N(C(=O)NC1CC1)CC2. The Kier molecular flexibility index (Phi) is 3.77. The molecule has 1 saturated heterocycles. The largest absolute Gasteiger partial charge is 0.377 e. The van der Waals surface area contributed by atoms with E-state index >= 15 is 0 Å². The molecule has 1 saturated carbocycles. The molecular weight excluding hydrogens is 318 g/mol. The highest BCUT2D eigenvalue weighted by atomic mass is 35.5. The van der Waals surface area contributed by atoms with Crippen LogP contribution in [0.3, 0.4) is 0 Å². The Morgan fingerprint density at radius 3 is 2.91 bits per heavy atom. The van der Waals surface area contributed by atoms with Crippen LogP contribution in [0.15, 0.2) is 0 Å². The molecule has 8 heteroatoms. The number of hydrogen-bond donors (Lipinski definition) is 1. The number of aromatic nitrogens is 2. The summed E-state index contributed by atoms with van der Waals surface area (Å²) in [5.74, 6) is 1.23. The molecule has 1 atom stereocenters. The quantitative estimate of drug-likeness (QED) is 0.830. The molecule has 0 radical (unpaired) electrons. The predicted molar refractivity (Wildman–Crippen MR) is 87.3 cm³/mol. The summed E-state index contributed by atoms with van der Waals surface area (Å²) < 4.78 is 5.46. The van der Waals surface area contributed by atoms with Crippen LogP contribution >= 0.6 is 11.6 Å². The highest BCUT2D eigenvalue weighted by Gasteiger charge is 2.34. The molecule has 1 aliphatic carbocycles. The number of fused-ring (bicyclic) bond motifs is 1. The smallest absolute Gasteiger partial charge is 0.323 e. The molecule has 0 aromatic carbocycles. The van der Waals surface area contributed by atoms with Gasteiger partial charge < -0.3 is 15.0 Å². The van der Waals surface area contributed by atoms with Crippen molar-refractivity contribution in [2.45, 2.75) is 38.3 Å². The van der Waals surface area contributed by atoms with Crippen LogP contribution in [0.1, 0.15) is 25.3 Å². The second-order valence-corrected chi connectivity index (χ2v) is 6.72. The Balaban J connectivity index is 1.63. The molecule has 7 nitrogen and oxygen atoms in total. The fourth-order valence-electron chi connectivity index (χ4n) is 3.03. The van der Waals surface area contributed by atoms with Gasteiger partial charge in [0.25, 0.3) is 0 Å². The number of urea groups is 1. The third kappa shape index (κ3) is 2.83. The molecular formula is C15H20ClN5O2. The topological polar surface area (TPSA) is 70.6 Å². The number of hydrogen-bond acceptors (Lipinski definition) is 5. The number of anilines is 2. The Labute approximate surface area is 140 Å². The average Bonchev–Trinajstić information content (AvgIpc) is 3.23. The standard InChI is InChI=1S/C15H20ClN5O2/c1-9-8-23-7-6-20(9)14-18-12(16)11-4-5-21(13(11)19-14)15(22)17-10-2-3-10/h9-10H,2-8H2,1H3,(H,17,22)/t9-/m1/s1. The van der Waals surface area contributed by atoms with Crippen LogP contribution in [-0.2, 0) is 11.2 Å². The molecule has 2 fully saturated rings. The Morgan fingerprint density at radius 1 is 1.35 bits per heavy atom. The summed E-state index contributed by atoms with van der Waals surface area (Å²) in [6.07, 6.45) is 2.83. The molecule has 124 valence electrons. The minimum Gasteiger partial charge on any atom is -0.377 e. The number of amides is 2. The fourth-order valence-corrected chi connectivity index (χ4v) is 3.29. The van der Waals surface area contributed by atoms with Crippen molar-refractivity contribution < 1.29 is 9.53 Å². The van der Waals surface area contributed by atoms with E-state index in [1.165, 1.54) is 0 Å². The molecule has 0 unspecified atom stereocenters.